The molecule has 0 heterocycles. The number of rotatable bonds is 8. The Morgan fingerprint density at radius 3 is 2.13 bits per heavy atom. The quantitative estimate of drug-likeness (QED) is 0.494. The van der Waals surface area contributed by atoms with Gasteiger partial charge in [-0.25, -0.2) is 0 Å². The van der Waals surface area contributed by atoms with Gasteiger partial charge in [0.15, 0.2) is 0 Å². The molecular weight excluding hydrogens is 318 g/mol. The molecule has 0 amide bonds. The standard InChI is InChI=1S/2C4H9.C3H4O2.ClH.Sn/c2*1-3-4-2;1-2-3(4)5;;/h2*1,3-4H2,2H3;2H,1H2,(H,4,5);1H;/q;;;;+2/p-2. The Morgan fingerprint density at radius 1 is 1.33 bits per heavy atom. The van der Waals surface area contributed by atoms with Gasteiger partial charge in [-0.1, -0.05) is 0 Å². The fraction of sp³-hybridized carbons (Fsp3) is 0.727. The zero-order valence-corrected chi connectivity index (χ0v) is 13.3. The van der Waals surface area contributed by atoms with Gasteiger partial charge in [0, 0.05) is 0 Å². The molecule has 0 aromatic carbocycles. The van der Waals surface area contributed by atoms with Gasteiger partial charge in [-0.05, 0) is 0 Å². The van der Waals surface area contributed by atoms with E-state index >= 15 is 0 Å². The van der Waals surface area contributed by atoms with Crippen LogP contribution in [0.25, 0.3) is 0 Å². The summed E-state index contributed by atoms with van der Waals surface area (Å²) in [6.45, 7) is 7.65. The van der Waals surface area contributed by atoms with Crippen LogP contribution < -0.4 is 0 Å². The van der Waals surface area contributed by atoms with Crippen molar-refractivity contribution in [3.05, 3.63) is 12.7 Å². The molecule has 0 unspecified atom stereocenters. The van der Waals surface area contributed by atoms with Crippen molar-refractivity contribution < 1.29 is 7.87 Å². The van der Waals surface area contributed by atoms with E-state index in [1.54, 1.807) is 0 Å². The van der Waals surface area contributed by atoms with Gasteiger partial charge in [-0.3, -0.25) is 0 Å². The molecule has 0 saturated carbocycles. The molecule has 0 rings (SSSR count). The molecule has 0 spiro atoms. The number of halogens is 1. The van der Waals surface area contributed by atoms with Crippen LogP contribution in [0.4, 0.5) is 0 Å². The van der Waals surface area contributed by atoms with E-state index in [2.05, 4.69) is 20.4 Å². The molecule has 0 aliphatic heterocycles. The number of hydrogen-bond acceptors (Lipinski definition) is 2. The summed E-state index contributed by atoms with van der Waals surface area (Å²) in [6.07, 6.45) is 5.54. The van der Waals surface area contributed by atoms with E-state index in [4.69, 9.17) is 12.0 Å². The summed E-state index contributed by atoms with van der Waals surface area (Å²) in [5.41, 5.74) is 0. The molecule has 4 heteroatoms. The molecule has 15 heavy (non-hydrogen) atoms. The van der Waals surface area contributed by atoms with Gasteiger partial charge < -0.3 is 0 Å². The van der Waals surface area contributed by atoms with E-state index in [9.17, 15) is 4.79 Å². The first-order valence-corrected chi connectivity index (χ1v) is 14.4. The second-order valence-electron chi connectivity index (χ2n) is 3.72. The molecular formula is C11H21ClO2Sn. The Balaban J connectivity index is 4.24. The molecule has 88 valence electrons. The Labute approximate surface area is 101 Å². The molecule has 2 nitrogen and oxygen atoms in total. The van der Waals surface area contributed by atoms with Crippen molar-refractivity contribution in [1.82, 2.24) is 0 Å². The summed E-state index contributed by atoms with van der Waals surface area (Å²) in [5, 5.41) is 0. The van der Waals surface area contributed by atoms with Gasteiger partial charge in [0.1, 0.15) is 0 Å². The van der Waals surface area contributed by atoms with Gasteiger partial charge in [0.2, 0.25) is 0 Å². The molecule has 0 aromatic rings. The first kappa shape index (κ1) is 15.3. The van der Waals surface area contributed by atoms with Crippen LogP contribution in [0, 0.1) is 0 Å². The third-order valence-corrected chi connectivity index (χ3v) is 13.2. The third-order valence-electron chi connectivity index (χ3n) is 2.26. The van der Waals surface area contributed by atoms with Crippen LogP contribution in [0.1, 0.15) is 39.5 Å². The molecule has 0 aromatic heterocycles. The molecule has 0 aliphatic rings. The monoisotopic (exact) mass is 340 g/mol. The van der Waals surface area contributed by atoms with Crippen LogP contribution in [-0.2, 0) is 7.87 Å². The third kappa shape index (κ3) is 7.23. The van der Waals surface area contributed by atoms with Crippen molar-refractivity contribution in [2.24, 2.45) is 0 Å². The van der Waals surface area contributed by atoms with E-state index < -0.39 is 17.7 Å². The van der Waals surface area contributed by atoms with Crippen molar-refractivity contribution in [2.45, 2.75) is 48.4 Å². The summed E-state index contributed by atoms with van der Waals surface area (Å²) in [5.74, 6) is -0.340. The number of carbonyl (C=O) groups excluding carboxylic acids is 1. The van der Waals surface area contributed by atoms with Crippen LogP contribution in [0.5, 0.6) is 0 Å². The summed E-state index contributed by atoms with van der Waals surface area (Å²) in [6, 6.07) is 0. The van der Waals surface area contributed by atoms with E-state index in [1.807, 2.05) is 0 Å². The summed E-state index contributed by atoms with van der Waals surface area (Å²) in [7, 11) is 6.49. The van der Waals surface area contributed by atoms with Gasteiger partial charge in [-0.2, -0.15) is 0 Å². The van der Waals surface area contributed by atoms with E-state index in [0.29, 0.717) is 0 Å². The van der Waals surface area contributed by atoms with Gasteiger partial charge >= 0.3 is 101 Å². The Morgan fingerprint density at radius 2 is 1.80 bits per heavy atom. The second-order valence-corrected chi connectivity index (χ2v) is 16.8. The van der Waals surface area contributed by atoms with E-state index in [1.165, 1.54) is 6.08 Å². The second kappa shape index (κ2) is 8.45. The van der Waals surface area contributed by atoms with Crippen LogP contribution in [0.3, 0.4) is 0 Å². The maximum atomic E-state index is 11.2. The molecule has 0 N–H and O–H groups in total. The SMILES string of the molecule is C=CC(=O)[O][Sn]([Cl])([CH2]CCC)[CH2]CCC. The number of hydrogen-bond donors (Lipinski definition) is 0. The average molecular weight is 339 g/mol. The first-order chi connectivity index (χ1) is 7.08. The van der Waals surface area contributed by atoms with Crippen molar-refractivity contribution in [3.63, 3.8) is 0 Å². The topological polar surface area (TPSA) is 26.3 Å². The molecule has 0 radical (unpaired) electrons. The molecule has 0 saturated heterocycles. The summed E-state index contributed by atoms with van der Waals surface area (Å²) >= 11 is -3.09. The molecule has 0 fully saturated rings. The van der Waals surface area contributed by atoms with Gasteiger partial charge in [0.05, 0.1) is 0 Å². The van der Waals surface area contributed by atoms with Crippen molar-refractivity contribution in [1.29, 1.82) is 0 Å². The zero-order chi connectivity index (χ0) is 11.7. The number of carbonyl (C=O) groups is 1. The summed E-state index contributed by atoms with van der Waals surface area (Å²) < 4.78 is 7.26. The van der Waals surface area contributed by atoms with Crippen LogP contribution in [0.2, 0.25) is 8.87 Å². The van der Waals surface area contributed by atoms with Crippen LogP contribution in [0.15, 0.2) is 12.7 Å². The van der Waals surface area contributed by atoms with Crippen molar-refractivity contribution >= 4 is 32.6 Å². The van der Waals surface area contributed by atoms with Crippen LogP contribution >= 0.6 is 8.92 Å². The van der Waals surface area contributed by atoms with E-state index in [0.717, 1.165) is 34.6 Å². The number of unbranched alkanes of at least 4 members (excludes halogenated alkanes) is 2. The Kier molecular flexibility index (Phi) is 8.62. The summed E-state index contributed by atoms with van der Waals surface area (Å²) in [4.78, 5) is 11.2. The fourth-order valence-electron chi connectivity index (χ4n) is 1.33. The molecule has 0 aliphatic carbocycles. The van der Waals surface area contributed by atoms with E-state index in [-0.39, 0.29) is 5.97 Å². The first-order valence-electron chi connectivity index (χ1n) is 5.62. The normalized spacial score (nSPS) is 11.1. The van der Waals surface area contributed by atoms with Gasteiger partial charge in [0.25, 0.3) is 0 Å². The van der Waals surface area contributed by atoms with Crippen LogP contribution in [-0.4, -0.2) is 23.6 Å². The predicted molar refractivity (Wildman–Crippen MR) is 67.3 cm³/mol. The Hall–Kier alpha value is 0.299. The zero-order valence-electron chi connectivity index (χ0n) is 9.72. The molecule has 0 bridgehead atoms. The fourth-order valence-corrected chi connectivity index (χ4v) is 11.2. The maximum absolute atomic E-state index is 11.2. The minimum atomic E-state index is -3.09. The molecule has 0 atom stereocenters. The minimum absolute atomic E-state index is 0.340. The predicted octanol–water partition coefficient (Wildman–Crippen LogP) is 4.00. The Bertz CT molecular complexity index is 199. The van der Waals surface area contributed by atoms with Crippen molar-refractivity contribution in [3.8, 4) is 0 Å². The van der Waals surface area contributed by atoms with Gasteiger partial charge in [-0.15, -0.1) is 0 Å². The average Bonchev–Trinajstić information content (AvgIpc) is 2.23. The van der Waals surface area contributed by atoms with Crippen molar-refractivity contribution in [2.75, 3.05) is 0 Å².